The van der Waals surface area contributed by atoms with Crippen molar-refractivity contribution in [3.05, 3.63) is 0 Å². The van der Waals surface area contributed by atoms with Gasteiger partial charge < -0.3 is 5.73 Å². The van der Waals surface area contributed by atoms with E-state index in [1.165, 1.54) is 12.8 Å². The molecule has 2 N–H and O–H groups in total. The van der Waals surface area contributed by atoms with Crippen LogP contribution in [-0.4, -0.2) is 11.9 Å². The molecule has 0 saturated heterocycles. The highest BCUT2D eigenvalue weighted by Gasteiger charge is 2.25. The highest BCUT2D eigenvalue weighted by molar-refractivity contribution is 5.80. The lowest BCUT2D eigenvalue weighted by Gasteiger charge is -2.30. The van der Waals surface area contributed by atoms with Gasteiger partial charge in [0, 0.05) is 6.42 Å². The molecule has 1 saturated carbocycles. The minimum atomic E-state index is 0.543. The lowest BCUT2D eigenvalue weighted by Crippen LogP contribution is -2.29. The molecule has 0 bridgehead atoms. The maximum absolute atomic E-state index is 5.71. The molecular weight excluding hydrogens is 136 g/mol. The Balaban J connectivity index is 2.31. The predicted octanol–water partition coefficient (Wildman–Crippen LogP) is 1.94. The Morgan fingerprint density at radius 3 is 2.64 bits per heavy atom. The topological polar surface area (TPSA) is 38.4 Å². The van der Waals surface area contributed by atoms with Gasteiger partial charge in [-0.25, -0.2) is 0 Å². The Labute approximate surface area is 68.9 Å². The van der Waals surface area contributed by atoms with Gasteiger partial charge in [-0.2, -0.15) is 0 Å². The lowest BCUT2D eigenvalue weighted by molar-refractivity contribution is 0.284. The summed E-state index contributed by atoms with van der Waals surface area (Å²) < 4.78 is 0. The van der Waals surface area contributed by atoms with Crippen LogP contribution in [0.2, 0.25) is 0 Å². The predicted molar refractivity (Wildman–Crippen MR) is 48.7 cm³/mol. The van der Waals surface area contributed by atoms with Crippen molar-refractivity contribution in [1.82, 2.24) is 0 Å². The third kappa shape index (κ3) is 2.21. The summed E-state index contributed by atoms with van der Waals surface area (Å²) in [6.45, 7) is 4.38. The summed E-state index contributed by atoms with van der Waals surface area (Å²) in [5.74, 6) is 1.62. The molecule has 1 rings (SSSR count). The first-order valence-electron chi connectivity index (χ1n) is 4.56. The SMILES string of the molecule is CCCC(N)=NC1CCC1C. The molecule has 64 valence electrons. The molecule has 0 amide bonds. The van der Waals surface area contributed by atoms with E-state index >= 15 is 0 Å². The Morgan fingerprint density at radius 2 is 2.27 bits per heavy atom. The van der Waals surface area contributed by atoms with Crippen LogP contribution in [0.1, 0.15) is 39.5 Å². The van der Waals surface area contributed by atoms with Crippen molar-refractivity contribution in [3.8, 4) is 0 Å². The van der Waals surface area contributed by atoms with Crippen molar-refractivity contribution in [2.75, 3.05) is 0 Å². The molecule has 1 fully saturated rings. The van der Waals surface area contributed by atoms with E-state index in [0.29, 0.717) is 6.04 Å². The van der Waals surface area contributed by atoms with E-state index in [9.17, 15) is 0 Å². The second-order valence-electron chi connectivity index (χ2n) is 3.49. The van der Waals surface area contributed by atoms with Gasteiger partial charge in [0.15, 0.2) is 0 Å². The number of amidine groups is 1. The first-order chi connectivity index (χ1) is 5.24. The second-order valence-corrected chi connectivity index (χ2v) is 3.49. The molecule has 0 spiro atoms. The van der Waals surface area contributed by atoms with E-state index in [0.717, 1.165) is 24.6 Å². The van der Waals surface area contributed by atoms with Crippen LogP contribution in [0.5, 0.6) is 0 Å². The Bertz CT molecular complexity index is 152. The standard InChI is InChI=1S/C9H18N2/c1-3-4-9(10)11-8-6-5-7(8)2/h7-8H,3-6H2,1-2H3,(H2,10,11). The van der Waals surface area contributed by atoms with E-state index in [2.05, 4.69) is 18.8 Å². The van der Waals surface area contributed by atoms with Crippen LogP contribution in [0.4, 0.5) is 0 Å². The van der Waals surface area contributed by atoms with E-state index in [1.807, 2.05) is 0 Å². The van der Waals surface area contributed by atoms with Crippen LogP contribution in [0.3, 0.4) is 0 Å². The molecule has 2 heteroatoms. The molecule has 0 aromatic rings. The zero-order valence-electron chi connectivity index (χ0n) is 7.51. The van der Waals surface area contributed by atoms with Crippen LogP contribution in [0, 0.1) is 5.92 Å². The van der Waals surface area contributed by atoms with Crippen molar-refractivity contribution < 1.29 is 0 Å². The first-order valence-corrected chi connectivity index (χ1v) is 4.56. The Kier molecular flexibility index (Phi) is 2.92. The fourth-order valence-corrected chi connectivity index (χ4v) is 1.37. The van der Waals surface area contributed by atoms with E-state index < -0.39 is 0 Å². The normalized spacial score (nSPS) is 31.6. The number of nitrogens with zero attached hydrogens (tertiary/aromatic N) is 1. The number of rotatable bonds is 3. The molecule has 1 aliphatic rings. The molecule has 2 nitrogen and oxygen atoms in total. The minimum Gasteiger partial charge on any atom is -0.387 e. The van der Waals surface area contributed by atoms with Gasteiger partial charge in [-0.15, -0.1) is 0 Å². The summed E-state index contributed by atoms with van der Waals surface area (Å²) >= 11 is 0. The van der Waals surface area contributed by atoms with Gasteiger partial charge in [-0.3, -0.25) is 4.99 Å². The van der Waals surface area contributed by atoms with Gasteiger partial charge in [0.25, 0.3) is 0 Å². The average molecular weight is 154 g/mol. The minimum absolute atomic E-state index is 0.543. The molecule has 2 atom stereocenters. The van der Waals surface area contributed by atoms with Gasteiger partial charge in [-0.05, 0) is 25.2 Å². The maximum Gasteiger partial charge on any atom is 0.0940 e. The lowest BCUT2D eigenvalue weighted by atomic mass is 9.81. The molecule has 0 aromatic heterocycles. The molecular formula is C9H18N2. The zero-order chi connectivity index (χ0) is 8.27. The fraction of sp³-hybridized carbons (Fsp3) is 0.889. The third-order valence-corrected chi connectivity index (χ3v) is 2.41. The first kappa shape index (κ1) is 8.57. The summed E-state index contributed by atoms with van der Waals surface area (Å²) in [5, 5.41) is 0. The molecule has 0 radical (unpaired) electrons. The van der Waals surface area contributed by atoms with Gasteiger partial charge in [0.05, 0.1) is 11.9 Å². The van der Waals surface area contributed by atoms with Gasteiger partial charge in [0.1, 0.15) is 0 Å². The van der Waals surface area contributed by atoms with Crippen LogP contribution in [0.15, 0.2) is 4.99 Å². The van der Waals surface area contributed by atoms with Crippen molar-refractivity contribution in [2.24, 2.45) is 16.6 Å². The number of hydrogen-bond acceptors (Lipinski definition) is 1. The monoisotopic (exact) mass is 154 g/mol. The summed E-state index contributed by atoms with van der Waals surface area (Å²) in [6, 6.07) is 0.543. The highest BCUT2D eigenvalue weighted by atomic mass is 14.9. The second kappa shape index (κ2) is 3.74. The van der Waals surface area contributed by atoms with Gasteiger partial charge >= 0.3 is 0 Å². The van der Waals surface area contributed by atoms with Crippen LogP contribution in [-0.2, 0) is 0 Å². The maximum atomic E-state index is 5.71. The number of nitrogens with two attached hydrogens (primary N) is 1. The summed E-state index contributed by atoms with van der Waals surface area (Å²) in [5.41, 5.74) is 5.71. The number of aliphatic imine (C=N–C) groups is 1. The third-order valence-electron chi connectivity index (χ3n) is 2.41. The largest absolute Gasteiger partial charge is 0.387 e. The molecule has 0 aliphatic heterocycles. The number of hydrogen-bond donors (Lipinski definition) is 1. The van der Waals surface area contributed by atoms with Gasteiger partial charge in [-0.1, -0.05) is 13.8 Å². The van der Waals surface area contributed by atoms with Crippen LogP contribution < -0.4 is 5.73 Å². The molecule has 1 aliphatic carbocycles. The van der Waals surface area contributed by atoms with Crippen molar-refractivity contribution in [2.45, 2.75) is 45.6 Å². The van der Waals surface area contributed by atoms with E-state index in [1.54, 1.807) is 0 Å². The summed E-state index contributed by atoms with van der Waals surface area (Å²) in [4.78, 5) is 4.45. The molecule has 11 heavy (non-hydrogen) atoms. The Hall–Kier alpha value is -0.530. The van der Waals surface area contributed by atoms with E-state index in [4.69, 9.17) is 5.73 Å². The zero-order valence-corrected chi connectivity index (χ0v) is 7.51. The quantitative estimate of drug-likeness (QED) is 0.489. The van der Waals surface area contributed by atoms with Crippen LogP contribution in [0.25, 0.3) is 0 Å². The molecule has 2 unspecified atom stereocenters. The summed E-state index contributed by atoms with van der Waals surface area (Å²) in [6.07, 6.45) is 4.64. The Morgan fingerprint density at radius 1 is 1.55 bits per heavy atom. The highest BCUT2D eigenvalue weighted by Crippen LogP contribution is 2.29. The molecule has 0 heterocycles. The fourth-order valence-electron chi connectivity index (χ4n) is 1.37. The van der Waals surface area contributed by atoms with Crippen LogP contribution >= 0.6 is 0 Å². The smallest absolute Gasteiger partial charge is 0.0940 e. The average Bonchev–Trinajstić information content (AvgIpc) is 1.98. The summed E-state index contributed by atoms with van der Waals surface area (Å²) in [7, 11) is 0. The van der Waals surface area contributed by atoms with E-state index in [-0.39, 0.29) is 0 Å². The van der Waals surface area contributed by atoms with Gasteiger partial charge in [0.2, 0.25) is 0 Å². The van der Waals surface area contributed by atoms with Crippen molar-refractivity contribution in [3.63, 3.8) is 0 Å². The molecule has 0 aromatic carbocycles. The van der Waals surface area contributed by atoms with Crippen molar-refractivity contribution in [1.29, 1.82) is 0 Å². The van der Waals surface area contributed by atoms with Crippen molar-refractivity contribution >= 4 is 5.84 Å².